The summed E-state index contributed by atoms with van der Waals surface area (Å²) >= 11 is 0. The molecule has 0 saturated carbocycles. The molecule has 2 aromatic heterocycles. The lowest BCUT2D eigenvalue weighted by Gasteiger charge is -2.21. The summed E-state index contributed by atoms with van der Waals surface area (Å²) in [5.41, 5.74) is 7.30. The third-order valence-corrected chi connectivity index (χ3v) is 10.3. The first-order valence-corrected chi connectivity index (χ1v) is 20.6. The van der Waals surface area contributed by atoms with Crippen molar-refractivity contribution in [1.29, 1.82) is 5.26 Å². The number of nitriles is 1. The fraction of sp³-hybridized carbons (Fsp3) is 0.658. The largest absolute Gasteiger partial charge is 0.485 e. The Balaban J connectivity index is 1.13. The molecule has 0 spiro atoms. The quantitative estimate of drug-likeness (QED) is 0.0565. The molecule has 0 bridgehead atoms. The van der Waals surface area contributed by atoms with Gasteiger partial charge in [-0.15, -0.1) is 0 Å². The summed E-state index contributed by atoms with van der Waals surface area (Å²) in [5, 5.41) is 13.3. The highest BCUT2D eigenvalue weighted by Crippen LogP contribution is 2.45. The van der Waals surface area contributed by atoms with Gasteiger partial charge in [-0.05, 0) is 43.5 Å². The van der Waals surface area contributed by atoms with Crippen LogP contribution in [0.4, 0.5) is 10.2 Å². The van der Waals surface area contributed by atoms with E-state index < -0.39 is 25.8 Å². The molecule has 52 heavy (non-hydrogen) atoms. The number of nitrogens with zero attached hydrogens (tertiary/aromatic N) is 4. The van der Waals surface area contributed by atoms with Crippen LogP contribution in [0.3, 0.4) is 0 Å². The lowest BCUT2D eigenvalue weighted by molar-refractivity contribution is -0.00583. The predicted molar refractivity (Wildman–Crippen MR) is 197 cm³/mol. The Kier molecular flexibility index (Phi) is 18.3. The third-order valence-electron chi connectivity index (χ3n) is 9.36. The van der Waals surface area contributed by atoms with Crippen molar-refractivity contribution in [3.05, 3.63) is 53.7 Å². The second-order valence-electron chi connectivity index (χ2n) is 13.6. The van der Waals surface area contributed by atoms with Gasteiger partial charge in [0, 0.05) is 12.7 Å². The van der Waals surface area contributed by atoms with Crippen molar-refractivity contribution in [2.75, 3.05) is 32.2 Å². The minimum atomic E-state index is -4.50. The number of nitrogen functional groups attached to an aromatic ring is 1. The maximum absolute atomic E-state index is 14.3. The van der Waals surface area contributed by atoms with Gasteiger partial charge in [0.2, 0.25) is 0 Å². The molecule has 3 heterocycles. The lowest BCUT2D eigenvalue weighted by atomic mass is 10.0. The fourth-order valence-corrected chi connectivity index (χ4v) is 7.20. The Labute approximate surface area is 307 Å². The molecule has 4 unspecified atom stereocenters. The van der Waals surface area contributed by atoms with Crippen molar-refractivity contribution in [3.63, 3.8) is 0 Å². The number of aromatic nitrogens is 3. The number of fused-ring (bicyclic) bond motifs is 1. The second-order valence-corrected chi connectivity index (χ2v) is 15.1. The van der Waals surface area contributed by atoms with Crippen LogP contribution >= 0.6 is 7.82 Å². The van der Waals surface area contributed by atoms with Crippen molar-refractivity contribution < 1.29 is 37.1 Å². The van der Waals surface area contributed by atoms with E-state index in [9.17, 15) is 13.8 Å². The zero-order valence-corrected chi connectivity index (χ0v) is 31.5. The predicted octanol–water partition coefficient (Wildman–Crippen LogP) is 9.01. The summed E-state index contributed by atoms with van der Waals surface area (Å²) in [7, 11) is -4.50. The van der Waals surface area contributed by atoms with Gasteiger partial charge in [0.05, 0.1) is 37.2 Å². The molecule has 0 amide bonds. The van der Waals surface area contributed by atoms with Gasteiger partial charge in [-0.25, -0.2) is 18.5 Å². The number of unbranched alkanes of at least 4 members (excludes halogenated alkanes) is 14. The molecule has 12 nitrogen and oxygen atoms in total. The van der Waals surface area contributed by atoms with E-state index in [4.69, 9.17) is 34.3 Å². The Morgan fingerprint density at radius 3 is 2.31 bits per heavy atom. The summed E-state index contributed by atoms with van der Waals surface area (Å²) in [6, 6.07) is 9.34. The van der Waals surface area contributed by atoms with Gasteiger partial charge in [-0.1, -0.05) is 96.8 Å². The van der Waals surface area contributed by atoms with E-state index in [1.807, 2.05) is 12.1 Å². The molecule has 14 heteroatoms. The minimum absolute atomic E-state index is 0.0486. The van der Waals surface area contributed by atoms with Gasteiger partial charge < -0.3 is 24.8 Å². The summed E-state index contributed by atoms with van der Waals surface area (Å²) in [4.78, 5) is 14.5. The standard InChI is InChI=1S/C38H57FN5O7P/c1-2-3-4-5-6-7-8-9-10-11-12-13-14-15-16-23-47-26-33(50-31-18-17-30(25-40)34(39)24-31)28-49-52(45,46)48-27-32-19-22-37(51-32)35-20-21-36-38(41)42-29-43-44(35)36/h17-18,20-21,24,29,32-33,37H,2-16,19,22-23,26-28H2,1H3,(H,45,46)(H2,41,42,43). The molecule has 288 valence electrons. The van der Waals surface area contributed by atoms with Crippen molar-refractivity contribution in [1.82, 2.24) is 14.6 Å². The van der Waals surface area contributed by atoms with E-state index in [0.29, 0.717) is 30.8 Å². The number of benzene rings is 1. The Bertz CT molecular complexity index is 1570. The Morgan fingerprint density at radius 2 is 1.65 bits per heavy atom. The molecule has 1 fully saturated rings. The monoisotopic (exact) mass is 745 g/mol. The molecule has 0 aliphatic carbocycles. The minimum Gasteiger partial charge on any atom is -0.485 e. The zero-order chi connectivity index (χ0) is 37.0. The van der Waals surface area contributed by atoms with Gasteiger partial charge in [0.1, 0.15) is 41.7 Å². The fourth-order valence-electron chi connectivity index (χ4n) is 6.41. The van der Waals surface area contributed by atoms with Gasteiger partial charge >= 0.3 is 7.82 Å². The molecule has 1 aliphatic heterocycles. The van der Waals surface area contributed by atoms with Gasteiger partial charge in [-0.3, -0.25) is 9.05 Å². The highest BCUT2D eigenvalue weighted by atomic mass is 31.2. The normalized spacial score (nSPS) is 17.7. The van der Waals surface area contributed by atoms with E-state index in [1.165, 1.54) is 95.5 Å². The molecule has 1 saturated heterocycles. The third kappa shape index (κ3) is 14.4. The number of anilines is 1. The van der Waals surface area contributed by atoms with Crippen LogP contribution < -0.4 is 10.5 Å². The average molecular weight is 746 g/mol. The molecule has 1 aromatic carbocycles. The zero-order valence-electron chi connectivity index (χ0n) is 30.6. The number of rotatable bonds is 27. The van der Waals surface area contributed by atoms with E-state index >= 15 is 0 Å². The maximum atomic E-state index is 14.3. The van der Waals surface area contributed by atoms with E-state index in [-0.39, 0.29) is 37.2 Å². The summed E-state index contributed by atoms with van der Waals surface area (Å²) in [6.07, 6.45) is 20.1. The molecule has 4 rings (SSSR count). The molecular weight excluding hydrogens is 688 g/mol. The number of phosphoric acid groups is 1. The van der Waals surface area contributed by atoms with E-state index in [2.05, 4.69) is 17.0 Å². The van der Waals surface area contributed by atoms with Gasteiger partial charge in [0.25, 0.3) is 0 Å². The summed E-state index contributed by atoms with van der Waals surface area (Å²) < 4.78 is 57.2. The number of halogens is 1. The van der Waals surface area contributed by atoms with Gasteiger partial charge in [-0.2, -0.15) is 10.4 Å². The van der Waals surface area contributed by atoms with Crippen LogP contribution in [-0.2, 0) is 23.1 Å². The van der Waals surface area contributed by atoms with Crippen LogP contribution in [0, 0.1) is 17.1 Å². The van der Waals surface area contributed by atoms with Crippen LogP contribution in [0.25, 0.3) is 5.52 Å². The van der Waals surface area contributed by atoms with Crippen molar-refractivity contribution in [3.8, 4) is 11.8 Å². The SMILES string of the molecule is CCCCCCCCCCCCCCCCCOCC(COP(=O)(O)OCC1CCC(c2ccc3c(N)ncnn23)O1)Oc1ccc(C#N)c(F)c1. The van der Waals surface area contributed by atoms with Crippen molar-refractivity contribution >= 4 is 19.2 Å². The first kappa shape index (κ1) is 41.6. The molecule has 3 aromatic rings. The first-order valence-electron chi connectivity index (χ1n) is 19.1. The van der Waals surface area contributed by atoms with Crippen LogP contribution in [0.5, 0.6) is 5.75 Å². The average Bonchev–Trinajstić information content (AvgIpc) is 3.79. The number of ether oxygens (including phenoxy) is 3. The van der Waals surface area contributed by atoms with Crippen LogP contribution in [0.15, 0.2) is 36.7 Å². The van der Waals surface area contributed by atoms with E-state index in [1.54, 1.807) is 10.6 Å². The summed E-state index contributed by atoms with van der Waals surface area (Å²) in [5.74, 6) is -0.224. The van der Waals surface area contributed by atoms with Crippen molar-refractivity contribution in [2.24, 2.45) is 0 Å². The smallest absolute Gasteiger partial charge is 0.472 e. The highest BCUT2D eigenvalue weighted by molar-refractivity contribution is 7.47. The van der Waals surface area contributed by atoms with Crippen LogP contribution in [-0.4, -0.2) is 58.1 Å². The topological polar surface area (TPSA) is 163 Å². The molecule has 3 N–H and O–H groups in total. The molecule has 0 radical (unpaired) electrons. The van der Waals surface area contributed by atoms with Crippen LogP contribution in [0.1, 0.15) is 133 Å². The number of phosphoric ester groups is 1. The van der Waals surface area contributed by atoms with E-state index in [0.717, 1.165) is 31.0 Å². The number of hydrogen-bond acceptors (Lipinski definition) is 10. The molecular formula is C38H57FN5O7P. The first-order chi connectivity index (χ1) is 25.3. The summed E-state index contributed by atoms with van der Waals surface area (Å²) in [6.45, 7) is 2.29. The Morgan fingerprint density at radius 1 is 0.981 bits per heavy atom. The highest BCUT2D eigenvalue weighted by Gasteiger charge is 2.32. The number of nitrogens with two attached hydrogens (primary N) is 1. The Hall–Kier alpha value is -3.11. The number of hydrogen-bond donors (Lipinski definition) is 2. The molecule has 4 atom stereocenters. The molecule has 1 aliphatic rings. The van der Waals surface area contributed by atoms with Crippen LogP contribution in [0.2, 0.25) is 0 Å². The maximum Gasteiger partial charge on any atom is 0.472 e. The second kappa shape index (κ2) is 22.8. The van der Waals surface area contributed by atoms with Gasteiger partial charge in [0.15, 0.2) is 5.82 Å². The van der Waals surface area contributed by atoms with Crippen molar-refractivity contribution in [2.45, 2.75) is 134 Å². The lowest BCUT2D eigenvalue weighted by Crippen LogP contribution is -2.29.